The molecule has 1 aromatic heterocycles. The van der Waals surface area contributed by atoms with Gasteiger partial charge in [0.15, 0.2) is 0 Å². The maximum Gasteiger partial charge on any atom is 0.225 e. The zero-order valence-electron chi connectivity index (χ0n) is 14.9. The molecule has 0 bridgehead atoms. The fraction of sp³-hybridized carbons (Fsp3) is 0.0833. The third-order valence-electron chi connectivity index (χ3n) is 4.66. The third-order valence-corrected chi connectivity index (χ3v) is 4.66. The summed E-state index contributed by atoms with van der Waals surface area (Å²) in [4.78, 5) is 16.9. The van der Waals surface area contributed by atoms with Crippen LogP contribution in [0.4, 0.5) is 0 Å². The molecule has 3 heteroatoms. The fourth-order valence-corrected chi connectivity index (χ4v) is 3.31. The first-order valence-electron chi connectivity index (χ1n) is 9.01. The van der Waals surface area contributed by atoms with Gasteiger partial charge in [0.05, 0.1) is 12.5 Å². The van der Waals surface area contributed by atoms with Gasteiger partial charge in [-0.05, 0) is 39.6 Å². The highest BCUT2D eigenvalue weighted by atomic mass is 16.1. The summed E-state index contributed by atoms with van der Waals surface area (Å²) in [6.45, 7) is 0. The first-order chi connectivity index (χ1) is 13.3. The molecule has 0 fully saturated rings. The number of nitrogens with one attached hydrogen (secondary N) is 1. The Bertz CT molecular complexity index is 1010. The van der Waals surface area contributed by atoms with Crippen LogP contribution in [0.25, 0.3) is 10.8 Å². The van der Waals surface area contributed by atoms with Gasteiger partial charge in [-0.1, -0.05) is 72.8 Å². The second-order valence-corrected chi connectivity index (χ2v) is 6.55. The van der Waals surface area contributed by atoms with Gasteiger partial charge >= 0.3 is 0 Å². The molecule has 1 unspecified atom stereocenters. The number of hydrogen-bond donors (Lipinski definition) is 1. The first kappa shape index (κ1) is 17.0. The molecule has 3 nitrogen and oxygen atoms in total. The van der Waals surface area contributed by atoms with Crippen molar-refractivity contribution in [3.63, 3.8) is 0 Å². The topological polar surface area (TPSA) is 42.0 Å². The van der Waals surface area contributed by atoms with E-state index in [1.165, 1.54) is 5.39 Å². The van der Waals surface area contributed by atoms with Crippen LogP contribution >= 0.6 is 0 Å². The van der Waals surface area contributed by atoms with Crippen LogP contribution < -0.4 is 5.32 Å². The summed E-state index contributed by atoms with van der Waals surface area (Å²) < 4.78 is 0. The lowest BCUT2D eigenvalue weighted by Crippen LogP contribution is -2.30. The highest BCUT2D eigenvalue weighted by Gasteiger charge is 2.17. The molecule has 27 heavy (non-hydrogen) atoms. The molecule has 0 aliphatic heterocycles. The van der Waals surface area contributed by atoms with Gasteiger partial charge in [-0.3, -0.25) is 9.78 Å². The molecule has 1 amide bonds. The second kappa shape index (κ2) is 7.83. The van der Waals surface area contributed by atoms with E-state index in [0.29, 0.717) is 6.42 Å². The average molecular weight is 352 g/mol. The zero-order valence-corrected chi connectivity index (χ0v) is 14.9. The van der Waals surface area contributed by atoms with E-state index in [4.69, 9.17) is 0 Å². The van der Waals surface area contributed by atoms with Gasteiger partial charge in [0.2, 0.25) is 5.91 Å². The van der Waals surface area contributed by atoms with Crippen molar-refractivity contribution in [2.75, 3.05) is 0 Å². The standard InChI is InChI=1S/C24H20N2O/c27-23(17-18-10-11-19-6-4-5-9-22(19)16-18)26-24(20-7-2-1-3-8-20)21-12-14-25-15-13-21/h1-16,24H,17H2,(H,26,27). The van der Waals surface area contributed by atoms with Gasteiger partial charge < -0.3 is 5.32 Å². The van der Waals surface area contributed by atoms with Crippen LogP contribution in [0.1, 0.15) is 22.7 Å². The lowest BCUT2D eigenvalue weighted by atomic mass is 9.99. The smallest absolute Gasteiger partial charge is 0.225 e. The highest BCUT2D eigenvalue weighted by Crippen LogP contribution is 2.22. The molecule has 4 aromatic rings. The van der Waals surface area contributed by atoms with Gasteiger partial charge in [-0.15, -0.1) is 0 Å². The van der Waals surface area contributed by atoms with E-state index in [1.807, 2.05) is 60.7 Å². The van der Waals surface area contributed by atoms with Crippen LogP contribution in [0.5, 0.6) is 0 Å². The third kappa shape index (κ3) is 4.04. The van der Waals surface area contributed by atoms with Crippen molar-refractivity contribution in [2.24, 2.45) is 0 Å². The molecular weight excluding hydrogens is 332 g/mol. The fourth-order valence-electron chi connectivity index (χ4n) is 3.31. The molecule has 0 aliphatic rings. The van der Waals surface area contributed by atoms with Gasteiger partial charge in [0.25, 0.3) is 0 Å². The van der Waals surface area contributed by atoms with Crippen molar-refractivity contribution in [1.82, 2.24) is 10.3 Å². The number of benzene rings is 3. The highest BCUT2D eigenvalue weighted by molar-refractivity contribution is 5.85. The van der Waals surface area contributed by atoms with Gasteiger partial charge in [0, 0.05) is 12.4 Å². The van der Waals surface area contributed by atoms with Crippen molar-refractivity contribution in [3.8, 4) is 0 Å². The van der Waals surface area contributed by atoms with E-state index in [1.54, 1.807) is 12.4 Å². The van der Waals surface area contributed by atoms with Crippen LogP contribution in [0.15, 0.2) is 97.3 Å². The zero-order chi connectivity index (χ0) is 18.5. The van der Waals surface area contributed by atoms with Crippen LogP contribution in [0.2, 0.25) is 0 Å². The van der Waals surface area contributed by atoms with Crippen LogP contribution in [-0.4, -0.2) is 10.9 Å². The molecule has 132 valence electrons. The number of rotatable bonds is 5. The summed E-state index contributed by atoms with van der Waals surface area (Å²) >= 11 is 0. The van der Waals surface area contributed by atoms with Gasteiger partial charge in [-0.2, -0.15) is 0 Å². The van der Waals surface area contributed by atoms with Crippen molar-refractivity contribution in [1.29, 1.82) is 0 Å². The van der Waals surface area contributed by atoms with E-state index in [0.717, 1.165) is 22.1 Å². The van der Waals surface area contributed by atoms with Crippen LogP contribution in [-0.2, 0) is 11.2 Å². The molecule has 3 aromatic carbocycles. The quantitative estimate of drug-likeness (QED) is 0.566. The number of pyridine rings is 1. The Morgan fingerprint density at radius 1 is 0.778 bits per heavy atom. The Morgan fingerprint density at radius 2 is 1.44 bits per heavy atom. The minimum Gasteiger partial charge on any atom is -0.345 e. The summed E-state index contributed by atoms with van der Waals surface area (Å²) in [7, 11) is 0. The summed E-state index contributed by atoms with van der Waals surface area (Å²) in [6.07, 6.45) is 3.85. The van der Waals surface area contributed by atoms with Crippen LogP contribution in [0, 0.1) is 0 Å². The number of carbonyl (C=O) groups is 1. The summed E-state index contributed by atoms with van der Waals surface area (Å²) in [5.41, 5.74) is 3.08. The first-order valence-corrected chi connectivity index (χ1v) is 9.01. The molecule has 4 rings (SSSR count). The predicted octanol–water partition coefficient (Wildman–Crippen LogP) is 4.68. The van der Waals surface area contributed by atoms with Crippen molar-refractivity contribution in [3.05, 3.63) is 114 Å². The summed E-state index contributed by atoms with van der Waals surface area (Å²) in [5.74, 6) is -0.00375. The van der Waals surface area contributed by atoms with E-state index in [2.05, 4.69) is 34.6 Å². The maximum atomic E-state index is 12.8. The minimum atomic E-state index is -0.192. The number of amides is 1. The molecule has 0 saturated heterocycles. The largest absolute Gasteiger partial charge is 0.345 e. The number of nitrogens with zero attached hydrogens (tertiary/aromatic N) is 1. The molecule has 0 spiro atoms. The lowest BCUT2D eigenvalue weighted by Gasteiger charge is -2.20. The van der Waals surface area contributed by atoms with Gasteiger partial charge in [0.1, 0.15) is 0 Å². The van der Waals surface area contributed by atoms with E-state index in [9.17, 15) is 4.79 Å². The number of fused-ring (bicyclic) bond motifs is 1. The number of carbonyl (C=O) groups excluding carboxylic acids is 1. The lowest BCUT2D eigenvalue weighted by molar-refractivity contribution is -0.120. The van der Waals surface area contributed by atoms with Crippen molar-refractivity contribution < 1.29 is 4.79 Å². The average Bonchev–Trinajstić information content (AvgIpc) is 2.73. The Labute approximate surface area is 158 Å². The van der Waals surface area contributed by atoms with Crippen molar-refractivity contribution in [2.45, 2.75) is 12.5 Å². The maximum absolute atomic E-state index is 12.8. The Hall–Kier alpha value is -3.46. The van der Waals surface area contributed by atoms with E-state index < -0.39 is 0 Å². The molecule has 1 N–H and O–H groups in total. The monoisotopic (exact) mass is 352 g/mol. The number of hydrogen-bond acceptors (Lipinski definition) is 2. The molecule has 0 saturated carbocycles. The SMILES string of the molecule is O=C(Cc1ccc2ccccc2c1)NC(c1ccccc1)c1ccncc1. The molecule has 1 atom stereocenters. The normalized spacial score (nSPS) is 11.9. The van der Waals surface area contributed by atoms with E-state index in [-0.39, 0.29) is 11.9 Å². The van der Waals surface area contributed by atoms with Crippen LogP contribution in [0.3, 0.4) is 0 Å². The summed E-state index contributed by atoms with van der Waals surface area (Å²) in [5, 5.41) is 5.51. The second-order valence-electron chi connectivity index (χ2n) is 6.55. The molecule has 0 radical (unpaired) electrons. The van der Waals surface area contributed by atoms with E-state index >= 15 is 0 Å². The Morgan fingerprint density at radius 3 is 2.22 bits per heavy atom. The minimum absolute atomic E-state index is 0.00375. The number of aromatic nitrogens is 1. The molecule has 1 heterocycles. The molecular formula is C24H20N2O. The predicted molar refractivity (Wildman–Crippen MR) is 108 cm³/mol. The Balaban J connectivity index is 1.56. The van der Waals surface area contributed by atoms with Gasteiger partial charge in [-0.25, -0.2) is 0 Å². The Kier molecular flexibility index (Phi) is 4.93. The summed E-state index contributed by atoms with van der Waals surface area (Å²) in [6, 6.07) is 28.0. The van der Waals surface area contributed by atoms with Crippen molar-refractivity contribution >= 4 is 16.7 Å². The molecule has 0 aliphatic carbocycles.